The van der Waals surface area contributed by atoms with E-state index in [0.29, 0.717) is 6.54 Å². The number of hydrogen-bond donors (Lipinski definition) is 3. The number of carbonyl (C=O) groups is 1. The van der Waals surface area contributed by atoms with Crippen molar-refractivity contribution < 1.29 is 9.90 Å². The molecule has 0 aromatic carbocycles. The number of hydrogen-bond acceptors (Lipinski definition) is 3. The van der Waals surface area contributed by atoms with Crippen molar-refractivity contribution in [1.82, 2.24) is 10.6 Å². The van der Waals surface area contributed by atoms with Crippen LogP contribution in [0.3, 0.4) is 0 Å². The summed E-state index contributed by atoms with van der Waals surface area (Å²) in [5.74, 6) is 0.391. The number of aliphatic hydroxyl groups excluding tert-OH is 1. The average Bonchev–Trinajstić information content (AvgIpc) is 2.88. The van der Waals surface area contributed by atoms with Crippen molar-refractivity contribution in [3.8, 4) is 0 Å². The molecule has 4 nitrogen and oxygen atoms in total. The molecule has 2 rings (SSSR count). The molecule has 0 aromatic heterocycles. The summed E-state index contributed by atoms with van der Waals surface area (Å²) in [6, 6.07) is 0. The number of carbonyl (C=O) groups excluding carboxylic acids is 1. The Morgan fingerprint density at radius 2 is 2.16 bits per heavy atom. The Morgan fingerprint density at radius 1 is 1.37 bits per heavy atom. The molecule has 1 aliphatic heterocycles. The summed E-state index contributed by atoms with van der Waals surface area (Å²) in [7, 11) is 0. The Labute approximate surface area is 116 Å². The Kier molecular flexibility index (Phi) is 5.22. The van der Waals surface area contributed by atoms with E-state index < -0.39 is 0 Å². The van der Waals surface area contributed by atoms with Crippen molar-refractivity contribution >= 4 is 5.91 Å². The average molecular weight is 268 g/mol. The van der Waals surface area contributed by atoms with Crippen LogP contribution in [0.4, 0.5) is 0 Å². The molecule has 1 amide bonds. The van der Waals surface area contributed by atoms with Gasteiger partial charge in [-0.15, -0.1) is 0 Å². The lowest BCUT2D eigenvalue weighted by Crippen LogP contribution is -2.54. The minimum atomic E-state index is -0.339. The largest absolute Gasteiger partial charge is 0.393 e. The molecule has 2 fully saturated rings. The Hall–Kier alpha value is -0.610. The smallest absolute Gasteiger partial charge is 0.240 e. The van der Waals surface area contributed by atoms with Gasteiger partial charge in [0.1, 0.15) is 0 Å². The Morgan fingerprint density at radius 3 is 2.79 bits per heavy atom. The third-order valence-electron chi connectivity index (χ3n) is 4.75. The van der Waals surface area contributed by atoms with Crippen LogP contribution in [-0.2, 0) is 4.79 Å². The maximum atomic E-state index is 12.5. The second-order valence-corrected chi connectivity index (χ2v) is 6.18. The van der Waals surface area contributed by atoms with Crippen molar-refractivity contribution in [1.29, 1.82) is 0 Å². The van der Waals surface area contributed by atoms with Crippen LogP contribution in [0.25, 0.3) is 0 Å². The molecule has 2 aliphatic rings. The molecule has 19 heavy (non-hydrogen) atoms. The van der Waals surface area contributed by atoms with Crippen LogP contribution >= 0.6 is 0 Å². The van der Waals surface area contributed by atoms with Crippen molar-refractivity contribution in [3.63, 3.8) is 0 Å². The van der Waals surface area contributed by atoms with Gasteiger partial charge in [-0.05, 0) is 38.6 Å². The van der Waals surface area contributed by atoms with Crippen molar-refractivity contribution in [2.45, 2.75) is 69.9 Å². The van der Waals surface area contributed by atoms with E-state index in [0.717, 1.165) is 51.5 Å². The number of nitrogens with one attached hydrogen (secondary N) is 2. The molecule has 0 bridgehead atoms. The highest BCUT2D eigenvalue weighted by molar-refractivity contribution is 5.86. The standard InChI is InChI=1S/C15H28N2O2/c1-2-8-15(9-5-10-17-15)14(19)16-11-12-6-3-4-7-13(12)18/h12-13,17-18H,2-11H2,1H3,(H,16,19). The normalized spacial score (nSPS) is 35.3. The third-order valence-corrected chi connectivity index (χ3v) is 4.75. The molecule has 1 saturated carbocycles. The lowest BCUT2D eigenvalue weighted by atomic mass is 9.86. The summed E-state index contributed by atoms with van der Waals surface area (Å²) in [6.45, 7) is 3.70. The summed E-state index contributed by atoms with van der Waals surface area (Å²) < 4.78 is 0. The Bertz CT molecular complexity index is 301. The van der Waals surface area contributed by atoms with Gasteiger partial charge in [0, 0.05) is 12.5 Å². The third kappa shape index (κ3) is 3.48. The first-order chi connectivity index (χ1) is 9.18. The van der Waals surface area contributed by atoms with Gasteiger partial charge in [-0.25, -0.2) is 0 Å². The highest BCUT2D eigenvalue weighted by Gasteiger charge is 2.40. The molecule has 4 heteroatoms. The molecule has 0 aromatic rings. The maximum Gasteiger partial charge on any atom is 0.240 e. The molecular weight excluding hydrogens is 240 g/mol. The zero-order valence-corrected chi connectivity index (χ0v) is 12.1. The highest BCUT2D eigenvalue weighted by atomic mass is 16.3. The molecule has 1 saturated heterocycles. The molecule has 0 radical (unpaired) electrons. The molecule has 3 atom stereocenters. The fourth-order valence-corrected chi connectivity index (χ4v) is 3.57. The first-order valence-electron chi connectivity index (χ1n) is 7.89. The fraction of sp³-hybridized carbons (Fsp3) is 0.933. The Balaban J connectivity index is 1.85. The maximum absolute atomic E-state index is 12.5. The van der Waals surface area contributed by atoms with Gasteiger partial charge in [0.05, 0.1) is 11.6 Å². The minimum absolute atomic E-state index is 0.143. The van der Waals surface area contributed by atoms with Crippen LogP contribution in [-0.4, -0.2) is 35.7 Å². The van der Waals surface area contributed by atoms with Crippen LogP contribution in [0.1, 0.15) is 58.3 Å². The van der Waals surface area contributed by atoms with Crippen LogP contribution < -0.4 is 10.6 Å². The molecule has 1 heterocycles. The summed E-state index contributed by atoms with van der Waals surface area (Å²) in [6.07, 6.45) is 7.95. The summed E-state index contributed by atoms with van der Waals surface area (Å²) in [4.78, 5) is 12.5. The van der Waals surface area contributed by atoms with E-state index in [4.69, 9.17) is 0 Å². The fourth-order valence-electron chi connectivity index (χ4n) is 3.57. The zero-order chi connectivity index (χ0) is 13.7. The van der Waals surface area contributed by atoms with Crippen molar-refractivity contribution in [3.05, 3.63) is 0 Å². The molecule has 3 unspecified atom stereocenters. The van der Waals surface area contributed by atoms with Crippen LogP contribution in [0.2, 0.25) is 0 Å². The van der Waals surface area contributed by atoms with Crippen LogP contribution in [0, 0.1) is 5.92 Å². The van der Waals surface area contributed by atoms with Gasteiger partial charge >= 0.3 is 0 Å². The molecule has 0 spiro atoms. The van der Waals surface area contributed by atoms with E-state index in [1.165, 1.54) is 6.42 Å². The van der Waals surface area contributed by atoms with Gasteiger partial charge in [0.2, 0.25) is 5.91 Å². The van der Waals surface area contributed by atoms with Gasteiger partial charge in [-0.3, -0.25) is 4.79 Å². The summed E-state index contributed by atoms with van der Waals surface area (Å²) in [5.41, 5.74) is -0.339. The van der Waals surface area contributed by atoms with Gasteiger partial charge in [0.25, 0.3) is 0 Å². The van der Waals surface area contributed by atoms with Gasteiger partial charge in [-0.2, -0.15) is 0 Å². The predicted octanol–water partition coefficient (Wildman–Crippen LogP) is 1.58. The SMILES string of the molecule is CCCC1(C(=O)NCC2CCCCC2O)CCCN1. The number of rotatable bonds is 5. The van der Waals surface area contributed by atoms with E-state index in [-0.39, 0.29) is 23.5 Å². The van der Waals surface area contributed by atoms with Crippen molar-refractivity contribution in [2.75, 3.05) is 13.1 Å². The second-order valence-electron chi connectivity index (χ2n) is 6.18. The molecule has 3 N–H and O–H groups in total. The zero-order valence-electron chi connectivity index (χ0n) is 12.1. The van der Waals surface area contributed by atoms with E-state index in [9.17, 15) is 9.90 Å². The molecule has 1 aliphatic carbocycles. The first kappa shape index (κ1) is 14.8. The predicted molar refractivity (Wildman–Crippen MR) is 75.9 cm³/mol. The van der Waals surface area contributed by atoms with Gasteiger partial charge in [-0.1, -0.05) is 26.2 Å². The van der Waals surface area contributed by atoms with E-state index >= 15 is 0 Å². The van der Waals surface area contributed by atoms with E-state index in [1.807, 2.05) is 0 Å². The molecular formula is C15H28N2O2. The first-order valence-corrected chi connectivity index (χ1v) is 7.89. The molecule has 110 valence electrons. The van der Waals surface area contributed by atoms with Gasteiger partial charge in [0.15, 0.2) is 0 Å². The summed E-state index contributed by atoms with van der Waals surface area (Å²) >= 11 is 0. The summed E-state index contributed by atoms with van der Waals surface area (Å²) in [5, 5.41) is 16.4. The number of aliphatic hydroxyl groups is 1. The highest BCUT2D eigenvalue weighted by Crippen LogP contribution is 2.26. The minimum Gasteiger partial charge on any atom is -0.393 e. The topological polar surface area (TPSA) is 61.4 Å². The van der Waals surface area contributed by atoms with E-state index in [1.54, 1.807) is 0 Å². The quantitative estimate of drug-likeness (QED) is 0.709. The number of amides is 1. The van der Waals surface area contributed by atoms with E-state index in [2.05, 4.69) is 17.6 Å². The lowest BCUT2D eigenvalue weighted by Gasteiger charge is -2.31. The monoisotopic (exact) mass is 268 g/mol. The van der Waals surface area contributed by atoms with Crippen molar-refractivity contribution in [2.24, 2.45) is 5.92 Å². The van der Waals surface area contributed by atoms with Crippen LogP contribution in [0.15, 0.2) is 0 Å². The lowest BCUT2D eigenvalue weighted by molar-refractivity contribution is -0.127. The van der Waals surface area contributed by atoms with Gasteiger partial charge < -0.3 is 15.7 Å². The second kappa shape index (κ2) is 6.71. The van der Waals surface area contributed by atoms with Crippen LogP contribution in [0.5, 0.6) is 0 Å².